The minimum Gasteiger partial charge on any atom is -0.394 e. The van der Waals surface area contributed by atoms with Crippen molar-refractivity contribution < 1.29 is 10.2 Å². The van der Waals surface area contributed by atoms with Gasteiger partial charge in [0, 0.05) is 6.54 Å². The highest BCUT2D eigenvalue weighted by atomic mass is 16.3. The molecule has 0 aromatic heterocycles. The van der Waals surface area contributed by atoms with Crippen molar-refractivity contribution in [2.24, 2.45) is 11.8 Å². The van der Waals surface area contributed by atoms with E-state index in [-0.39, 0.29) is 6.61 Å². The zero-order valence-corrected chi connectivity index (χ0v) is 8.37. The highest BCUT2D eigenvalue weighted by Crippen LogP contribution is 2.30. The van der Waals surface area contributed by atoms with Crippen LogP contribution in [0.5, 0.6) is 0 Å². The van der Waals surface area contributed by atoms with Crippen molar-refractivity contribution in [3.8, 4) is 0 Å². The lowest BCUT2D eigenvalue weighted by atomic mass is 9.98. The van der Waals surface area contributed by atoms with Crippen molar-refractivity contribution >= 4 is 0 Å². The molecule has 1 saturated carbocycles. The summed E-state index contributed by atoms with van der Waals surface area (Å²) in [4.78, 5) is 0. The zero-order valence-electron chi connectivity index (χ0n) is 8.37. The Morgan fingerprint density at radius 3 is 2.77 bits per heavy atom. The van der Waals surface area contributed by atoms with Crippen molar-refractivity contribution in [3.63, 3.8) is 0 Å². The summed E-state index contributed by atoms with van der Waals surface area (Å²) < 4.78 is 0. The lowest BCUT2D eigenvalue weighted by Gasteiger charge is -2.17. The number of hydrogen-bond donors (Lipinski definition) is 3. The van der Waals surface area contributed by atoms with Crippen LogP contribution in [0.3, 0.4) is 0 Å². The Bertz CT molecular complexity index is 141. The average Bonchev–Trinajstić information content (AvgIpc) is 2.52. The van der Waals surface area contributed by atoms with Crippen molar-refractivity contribution in [3.05, 3.63) is 0 Å². The molecule has 1 aliphatic carbocycles. The van der Waals surface area contributed by atoms with Gasteiger partial charge in [0.05, 0.1) is 12.7 Å². The Morgan fingerprint density at radius 2 is 2.23 bits per heavy atom. The van der Waals surface area contributed by atoms with Gasteiger partial charge >= 0.3 is 0 Å². The summed E-state index contributed by atoms with van der Waals surface area (Å²) in [6.07, 6.45) is 3.39. The highest BCUT2D eigenvalue weighted by molar-refractivity contribution is 4.76. The molecule has 0 saturated heterocycles. The second kappa shape index (κ2) is 5.58. The normalized spacial score (nSPS) is 30.7. The second-order valence-electron chi connectivity index (χ2n) is 4.16. The van der Waals surface area contributed by atoms with Gasteiger partial charge in [-0.3, -0.25) is 0 Å². The summed E-state index contributed by atoms with van der Waals surface area (Å²) >= 11 is 0. The van der Waals surface area contributed by atoms with E-state index in [4.69, 9.17) is 10.2 Å². The first-order valence-corrected chi connectivity index (χ1v) is 5.23. The molecule has 3 nitrogen and oxygen atoms in total. The monoisotopic (exact) mass is 187 g/mol. The molecule has 0 heterocycles. The van der Waals surface area contributed by atoms with E-state index in [9.17, 15) is 0 Å². The van der Waals surface area contributed by atoms with Gasteiger partial charge in [-0.25, -0.2) is 0 Å². The Balaban J connectivity index is 2.05. The third kappa shape index (κ3) is 3.63. The molecule has 3 heteroatoms. The molecule has 0 bridgehead atoms. The van der Waals surface area contributed by atoms with Crippen LogP contribution in [0.4, 0.5) is 0 Å². The predicted molar refractivity (Wildman–Crippen MR) is 52.5 cm³/mol. The van der Waals surface area contributed by atoms with E-state index in [1.165, 1.54) is 19.3 Å². The van der Waals surface area contributed by atoms with Crippen molar-refractivity contribution in [2.75, 3.05) is 19.7 Å². The maximum atomic E-state index is 9.09. The molecule has 0 aromatic carbocycles. The molecule has 78 valence electrons. The van der Waals surface area contributed by atoms with Gasteiger partial charge in [-0.2, -0.15) is 0 Å². The molecule has 3 N–H and O–H groups in total. The van der Waals surface area contributed by atoms with E-state index >= 15 is 0 Å². The SMILES string of the molecule is CC1CCCC1CNC[C@H](O)CO. The van der Waals surface area contributed by atoms with Gasteiger partial charge in [-0.1, -0.05) is 19.8 Å². The molecule has 0 amide bonds. The average molecular weight is 187 g/mol. The number of hydrogen-bond acceptors (Lipinski definition) is 3. The zero-order chi connectivity index (χ0) is 9.68. The van der Waals surface area contributed by atoms with Crippen LogP contribution in [0.25, 0.3) is 0 Å². The van der Waals surface area contributed by atoms with Crippen LogP contribution >= 0.6 is 0 Å². The summed E-state index contributed by atoms with van der Waals surface area (Å²) in [6, 6.07) is 0. The van der Waals surface area contributed by atoms with Crippen LogP contribution < -0.4 is 5.32 Å². The molecular weight excluding hydrogens is 166 g/mol. The van der Waals surface area contributed by atoms with Gasteiger partial charge in [0.25, 0.3) is 0 Å². The molecule has 0 spiro atoms. The first kappa shape index (κ1) is 11.0. The largest absolute Gasteiger partial charge is 0.394 e. The maximum absolute atomic E-state index is 9.09. The van der Waals surface area contributed by atoms with E-state index in [1.54, 1.807) is 0 Å². The minimum absolute atomic E-state index is 0.146. The summed E-state index contributed by atoms with van der Waals surface area (Å²) in [5, 5.41) is 20.9. The molecular formula is C10H21NO2. The minimum atomic E-state index is -0.600. The number of aliphatic hydroxyl groups is 2. The van der Waals surface area contributed by atoms with Crippen LogP contribution in [0, 0.1) is 11.8 Å². The van der Waals surface area contributed by atoms with Crippen molar-refractivity contribution in [1.82, 2.24) is 5.32 Å². The van der Waals surface area contributed by atoms with Gasteiger partial charge in [-0.05, 0) is 24.8 Å². The predicted octanol–water partition coefficient (Wildman–Crippen LogP) is 0.365. The lowest BCUT2D eigenvalue weighted by molar-refractivity contribution is 0.0932. The number of aliphatic hydroxyl groups excluding tert-OH is 2. The Morgan fingerprint density at radius 1 is 1.46 bits per heavy atom. The van der Waals surface area contributed by atoms with Crippen molar-refractivity contribution in [2.45, 2.75) is 32.3 Å². The van der Waals surface area contributed by atoms with Gasteiger partial charge in [-0.15, -0.1) is 0 Å². The number of rotatable bonds is 5. The fourth-order valence-electron chi connectivity index (χ4n) is 2.03. The van der Waals surface area contributed by atoms with Crippen LogP contribution in [0.2, 0.25) is 0 Å². The molecule has 3 atom stereocenters. The highest BCUT2D eigenvalue weighted by Gasteiger charge is 2.22. The van der Waals surface area contributed by atoms with Gasteiger partial charge in [0.1, 0.15) is 0 Å². The van der Waals surface area contributed by atoms with Crippen LogP contribution in [0.15, 0.2) is 0 Å². The van der Waals surface area contributed by atoms with E-state index < -0.39 is 6.10 Å². The van der Waals surface area contributed by atoms with Gasteiger partial charge in [0.15, 0.2) is 0 Å². The quantitative estimate of drug-likeness (QED) is 0.582. The third-order valence-electron chi connectivity index (χ3n) is 3.04. The molecule has 13 heavy (non-hydrogen) atoms. The van der Waals surface area contributed by atoms with E-state index in [0.29, 0.717) is 6.54 Å². The van der Waals surface area contributed by atoms with Crippen LogP contribution in [-0.4, -0.2) is 36.0 Å². The van der Waals surface area contributed by atoms with Crippen LogP contribution in [0.1, 0.15) is 26.2 Å². The number of nitrogens with one attached hydrogen (secondary N) is 1. The molecule has 0 aromatic rings. The Labute approximate surface area is 80.2 Å². The molecule has 1 rings (SSSR count). The summed E-state index contributed by atoms with van der Waals surface area (Å²) in [7, 11) is 0. The van der Waals surface area contributed by atoms with E-state index in [1.807, 2.05) is 0 Å². The first-order chi connectivity index (χ1) is 6.24. The van der Waals surface area contributed by atoms with Gasteiger partial charge in [0.2, 0.25) is 0 Å². The fraction of sp³-hybridized carbons (Fsp3) is 1.00. The first-order valence-electron chi connectivity index (χ1n) is 5.23. The summed E-state index contributed by atoms with van der Waals surface area (Å²) in [6.45, 7) is 3.65. The third-order valence-corrected chi connectivity index (χ3v) is 3.04. The van der Waals surface area contributed by atoms with Gasteiger partial charge < -0.3 is 15.5 Å². The molecule has 1 fully saturated rings. The molecule has 0 radical (unpaired) electrons. The molecule has 0 aliphatic heterocycles. The topological polar surface area (TPSA) is 52.5 Å². The second-order valence-corrected chi connectivity index (χ2v) is 4.16. The van der Waals surface area contributed by atoms with E-state index in [2.05, 4.69) is 12.2 Å². The summed E-state index contributed by atoms with van der Waals surface area (Å²) in [5.41, 5.74) is 0. The maximum Gasteiger partial charge on any atom is 0.0894 e. The molecule has 2 unspecified atom stereocenters. The lowest BCUT2D eigenvalue weighted by Crippen LogP contribution is -2.33. The van der Waals surface area contributed by atoms with E-state index in [0.717, 1.165) is 18.4 Å². The fourth-order valence-corrected chi connectivity index (χ4v) is 2.03. The Kier molecular flexibility index (Phi) is 4.70. The molecule has 1 aliphatic rings. The Hall–Kier alpha value is -0.120. The van der Waals surface area contributed by atoms with Crippen LogP contribution in [-0.2, 0) is 0 Å². The standard InChI is InChI=1S/C10H21NO2/c1-8-3-2-4-9(8)5-11-6-10(13)7-12/h8-13H,2-7H2,1H3/t8?,9?,10-/m0/s1. The smallest absolute Gasteiger partial charge is 0.0894 e. The summed E-state index contributed by atoms with van der Waals surface area (Å²) in [5.74, 6) is 1.59. The van der Waals surface area contributed by atoms with Crippen molar-refractivity contribution in [1.29, 1.82) is 0 Å².